The van der Waals surface area contributed by atoms with Gasteiger partial charge >= 0.3 is 0 Å². The molecule has 2 aliphatic rings. The fourth-order valence-corrected chi connectivity index (χ4v) is 4.29. The Morgan fingerprint density at radius 3 is 2.69 bits per heavy atom. The molecule has 0 unspecified atom stereocenters. The minimum atomic E-state index is -0.158. The molecule has 2 heterocycles. The van der Waals surface area contributed by atoms with Crippen molar-refractivity contribution >= 4 is 40.5 Å². The molecule has 1 saturated carbocycles. The van der Waals surface area contributed by atoms with E-state index in [0.717, 1.165) is 23.5 Å². The zero-order valence-corrected chi connectivity index (χ0v) is 17.2. The van der Waals surface area contributed by atoms with Crippen LogP contribution in [0.25, 0.3) is 0 Å². The van der Waals surface area contributed by atoms with Crippen molar-refractivity contribution in [3.05, 3.63) is 75.9 Å². The van der Waals surface area contributed by atoms with E-state index in [1.165, 1.54) is 19.2 Å². The van der Waals surface area contributed by atoms with Gasteiger partial charge in [-0.25, -0.2) is 4.98 Å². The quantitative estimate of drug-likeness (QED) is 0.573. The van der Waals surface area contributed by atoms with Crippen LogP contribution in [0.5, 0.6) is 0 Å². The minimum Gasteiger partial charge on any atom is -0.447 e. The summed E-state index contributed by atoms with van der Waals surface area (Å²) in [6, 6.07) is 13.9. The number of nitrogens with zero attached hydrogens (tertiary/aromatic N) is 3. The van der Waals surface area contributed by atoms with E-state index in [1.54, 1.807) is 23.1 Å². The van der Waals surface area contributed by atoms with Gasteiger partial charge in [0.15, 0.2) is 12.1 Å². The second-order valence-electron chi connectivity index (χ2n) is 7.41. The first-order chi connectivity index (χ1) is 14.1. The number of benzene rings is 2. The van der Waals surface area contributed by atoms with Crippen LogP contribution in [-0.4, -0.2) is 30.0 Å². The minimum absolute atomic E-state index is 0.158. The molecule has 1 aliphatic carbocycles. The molecule has 3 aromatic rings. The highest BCUT2D eigenvalue weighted by atomic mass is 35.5. The van der Waals surface area contributed by atoms with Crippen LogP contribution >= 0.6 is 23.2 Å². The molecule has 1 aliphatic heterocycles. The first kappa shape index (κ1) is 18.5. The largest absolute Gasteiger partial charge is 0.447 e. The molecular weight excluding hydrogens is 409 g/mol. The average Bonchev–Trinajstić information content (AvgIpc) is 3.48. The standard InChI is InChI=1S/C22H19Cl2N3O2/c23-15-5-8-17(24)14(11-15)12-20-21(25-13-29-20)22(28)27-10-9-26(16-6-7-16)18-3-1-2-4-19(18)27/h1-5,8,11,13,16H,6-7,9-10,12H2. The smallest absolute Gasteiger partial charge is 0.280 e. The fourth-order valence-electron chi connectivity index (χ4n) is 3.91. The van der Waals surface area contributed by atoms with Gasteiger partial charge in [0.05, 0.1) is 11.4 Å². The van der Waals surface area contributed by atoms with Crippen LogP contribution in [-0.2, 0) is 6.42 Å². The molecule has 29 heavy (non-hydrogen) atoms. The van der Waals surface area contributed by atoms with E-state index in [4.69, 9.17) is 27.6 Å². The summed E-state index contributed by atoms with van der Waals surface area (Å²) in [5, 5.41) is 1.16. The molecule has 5 nitrogen and oxygen atoms in total. The number of carbonyl (C=O) groups excluding carboxylic acids is 1. The molecule has 1 aromatic heterocycles. The number of hydrogen-bond acceptors (Lipinski definition) is 4. The summed E-state index contributed by atoms with van der Waals surface area (Å²) >= 11 is 12.4. The van der Waals surface area contributed by atoms with Crippen molar-refractivity contribution in [1.82, 2.24) is 4.98 Å². The van der Waals surface area contributed by atoms with Gasteiger partial charge in [0.25, 0.3) is 5.91 Å². The Bertz CT molecular complexity index is 1080. The molecule has 0 radical (unpaired) electrons. The zero-order valence-electron chi connectivity index (χ0n) is 15.6. The summed E-state index contributed by atoms with van der Waals surface area (Å²) in [5.41, 5.74) is 3.14. The van der Waals surface area contributed by atoms with Crippen LogP contribution in [0.4, 0.5) is 11.4 Å². The molecular formula is C22H19Cl2N3O2. The number of carbonyl (C=O) groups is 1. The number of oxazole rings is 1. The number of aromatic nitrogens is 1. The first-order valence-electron chi connectivity index (χ1n) is 9.65. The van der Waals surface area contributed by atoms with Crippen LogP contribution in [0.2, 0.25) is 10.0 Å². The normalized spacial score (nSPS) is 16.1. The van der Waals surface area contributed by atoms with Crippen molar-refractivity contribution in [2.75, 3.05) is 22.9 Å². The van der Waals surface area contributed by atoms with Crippen LogP contribution in [0.1, 0.15) is 34.7 Å². The van der Waals surface area contributed by atoms with E-state index < -0.39 is 0 Å². The van der Waals surface area contributed by atoms with E-state index in [9.17, 15) is 4.79 Å². The van der Waals surface area contributed by atoms with Gasteiger partial charge in [-0.15, -0.1) is 0 Å². The van der Waals surface area contributed by atoms with Crippen molar-refractivity contribution < 1.29 is 9.21 Å². The van der Waals surface area contributed by atoms with Crippen molar-refractivity contribution in [1.29, 1.82) is 0 Å². The number of para-hydroxylation sites is 2. The van der Waals surface area contributed by atoms with Crippen molar-refractivity contribution in [3.8, 4) is 0 Å². The number of rotatable bonds is 4. The van der Waals surface area contributed by atoms with E-state index in [1.807, 2.05) is 18.2 Å². The summed E-state index contributed by atoms with van der Waals surface area (Å²) in [4.78, 5) is 21.8. The third-order valence-corrected chi connectivity index (χ3v) is 6.09. The molecule has 1 fully saturated rings. The van der Waals surface area contributed by atoms with Crippen LogP contribution in [0, 0.1) is 0 Å². The maximum absolute atomic E-state index is 13.4. The number of hydrogen-bond donors (Lipinski definition) is 0. The average molecular weight is 428 g/mol. The number of halogens is 2. The Hall–Kier alpha value is -2.50. The number of amides is 1. The molecule has 0 saturated heterocycles. The Morgan fingerprint density at radius 1 is 1.10 bits per heavy atom. The van der Waals surface area contributed by atoms with Gasteiger partial charge in [0, 0.05) is 35.6 Å². The van der Waals surface area contributed by atoms with E-state index >= 15 is 0 Å². The van der Waals surface area contributed by atoms with Gasteiger partial charge in [-0.1, -0.05) is 35.3 Å². The van der Waals surface area contributed by atoms with Gasteiger partial charge in [-0.2, -0.15) is 0 Å². The highest BCUT2D eigenvalue weighted by Gasteiger charge is 2.36. The fraction of sp³-hybridized carbons (Fsp3) is 0.273. The SMILES string of the molecule is O=C(c1ncoc1Cc1cc(Cl)ccc1Cl)N1CCN(C2CC2)c2ccccc21. The zero-order chi connectivity index (χ0) is 20.0. The lowest BCUT2D eigenvalue weighted by atomic mass is 10.1. The molecule has 0 N–H and O–H groups in total. The second-order valence-corrected chi connectivity index (χ2v) is 8.25. The van der Waals surface area contributed by atoms with Gasteiger partial charge < -0.3 is 14.2 Å². The number of fused-ring (bicyclic) bond motifs is 1. The highest BCUT2D eigenvalue weighted by molar-refractivity contribution is 6.33. The molecule has 0 bridgehead atoms. The molecule has 5 rings (SSSR count). The summed E-state index contributed by atoms with van der Waals surface area (Å²) < 4.78 is 5.56. The first-order valence-corrected chi connectivity index (χ1v) is 10.4. The Kier molecular flexibility index (Phi) is 4.72. The summed E-state index contributed by atoms with van der Waals surface area (Å²) in [7, 11) is 0. The van der Waals surface area contributed by atoms with E-state index in [2.05, 4.69) is 16.0 Å². The molecule has 1 amide bonds. The predicted molar refractivity (Wildman–Crippen MR) is 114 cm³/mol. The highest BCUT2D eigenvalue weighted by Crippen LogP contribution is 2.40. The Morgan fingerprint density at radius 2 is 1.90 bits per heavy atom. The lowest BCUT2D eigenvalue weighted by molar-refractivity contribution is 0.0980. The van der Waals surface area contributed by atoms with Crippen molar-refractivity contribution in [3.63, 3.8) is 0 Å². The molecule has 148 valence electrons. The third-order valence-electron chi connectivity index (χ3n) is 5.48. The van der Waals surface area contributed by atoms with Gasteiger partial charge in [-0.3, -0.25) is 4.79 Å². The summed E-state index contributed by atoms with van der Waals surface area (Å²) in [6.45, 7) is 1.44. The maximum atomic E-state index is 13.4. The lowest BCUT2D eigenvalue weighted by Crippen LogP contribution is -2.45. The Balaban J connectivity index is 1.45. The van der Waals surface area contributed by atoms with E-state index in [0.29, 0.717) is 40.5 Å². The molecule has 0 spiro atoms. The lowest BCUT2D eigenvalue weighted by Gasteiger charge is -2.37. The monoisotopic (exact) mass is 427 g/mol. The maximum Gasteiger partial charge on any atom is 0.280 e. The van der Waals surface area contributed by atoms with E-state index in [-0.39, 0.29) is 5.91 Å². The van der Waals surface area contributed by atoms with Gasteiger partial charge in [0.2, 0.25) is 0 Å². The summed E-state index contributed by atoms with van der Waals surface area (Å²) in [6.07, 6.45) is 4.10. The molecule has 0 atom stereocenters. The topological polar surface area (TPSA) is 49.6 Å². The van der Waals surface area contributed by atoms with Gasteiger partial charge in [0.1, 0.15) is 5.76 Å². The second kappa shape index (κ2) is 7.39. The predicted octanol–water partition coefficient (Wildman–Crippen LogP) is 5.20. The molecule has 7 heteroatoms. The summed E-state index contributed by atoms with van der Waals surface area (Å²) in [5.74, 6) is 0.330. The number of anilines is 2. The third kappa shape index (κ3) is 3.49. The van der Waals surface area contributed by atoms with Crippen LogP contribution in [0.3, 0.4) is 0 Å². The van der Waals surface area contributed by atoms with Gasteiger partial charge in [-0.05, 0) is 48.7 Å². The molecule has 2 aromatic carbocycles. The Labute approximate surface area is 178 Å². The van der Waals surface area contributed by atoms with Crippen molar-refractivity contribution in [2.45, 2.75) is 25.3 Å². The van der Waals surface area contributed by atoms with Crippen LogP contribution in [0.15, 0.2) is 53.3 Å². The van der Waals surface area contributed by atoms with Crippen LogP contribution < -0.4 is 9.80 Å². The van der Waals surface area contributed by atoms with Crippen molar-refractivity contribution in [2.24, 2.45) is 0 Å².